The van der Waals surface area contributed by atoms with Crippen LogP contribution in [0.5, 0.6) is 0 Å². The highest BCUT2D eigenvalue weighted by Gasteiger charge is 2.19. The fourth-order valence-corrected chi connectivity index (χ4v) is 2.60. The van der Waals surface area contributed by atoms with E-state index in [0.717, 1.165) is 12.8 Å². The van der Waals surface area contributed by atoms with Crippen LogP contribution in [0.1, 0.15) is 42.5 Å². The Balaban J connectivity index is 2.01. The summed E-state index contributed by atoms with van der Waals surface area (Å²) in [6, 6.07) is 7.08. The van der Waals surface area contributed by atoms with Crippen LogP contribution in [-0.2, 0) is 4.79 Å². The van der Waals surface area contributed by atoms with Crippen LogP contribution in [0.3, 0.4) is 0 Å². The van der Waals surface area contributed by atoms with Gasteiger partial charge in [-0.1, -0.05) is 25.0 Å². The Morgan fingerprint density at radius 3 is 2.58 bits per heavy atom. The summed E-state index contributed by atoms with van der Waals surface area (Å²) in [7, 11) is 1.58. The van der Waals surface area contributed by atoms with E-state index in [0.29, 0.717) is 23.6 Å². The van der Waals surface area contributed by atoms with Gasteiger partial charge in [-0.25, -0.2) is 0 Å². The van der Waals surface area contributed by atoms with E-state index < -0.39 is 0 Å². The number of amides is 2. The molecule has 0 bridgehead atoms. The first-order valence-electron chi connectivity index (χ1n) is 6.81. The van der Waals surface area contributed by atoms with Gasteiger partial charge in [0.05, 0.1) is 11.3 Å². The van der Waals surface area contributed by atoms with Crippen LogP contribution in [0.4, 0.5) is 5.69 Å². The second-order valence-electron chi connectivity index (χ2n) is 5.03. The lowest BCUT2D eigenvalue weighted by Crippen LogP contribution is -2.22. The minimum Gasteiger partial charge on any atom is -0.355 e. The van der Waals surface area contributed by atoms with Crippen LogP contribution in [-0.4, -0.2) is 18.9 Å². The van der Waals surface area contributed by atoms with Gasteiger partial charge in [0.15, 0.2) is 0 Å². The highest BCUT2D eigenvalue weighted by Crippen LogP contribution is 2.28. The second kappa shape index (κ2) is 6.36. The molecule has 1 fully saturated rings. The molecule has 1 aromatic rings. The van der Waals surface area contributed by atoms with Gasteiger partial charge in [-0.15, -0.1) is 0 Å². The van der Waals surface area contributed by atoms with Gasteiger partial charge in [0.2, 0.25) is 5.91 Å². The Kier molecular flexibility index (Phi) is 4.55. The minimum atomic E-state index is -0.184. The number of anilines is 1. The van der Waals surface area contributed by atoms with Crippen molar-refractivity contribution in [3.05, 3.63) is 29.8 Å². The third kappa shape index (κ3) is 3.56. The van der Waals surface area contributed by atoms with E-state index >= 15 is 0 Å². The Bertz CT molecular complexity index is 465. The van der Waals surface area contributed by atoms with Gasteiger partial charge in [0.1, 0.15) is 0 Å². The first kappa shape index (κ1) is 13.6. The molecule has 4 nitrogen and oxygen atoms in total. The van der Waals surface area contributed by atoms with Gasteiger partial charge in [-0.05, 0) is 30.9 Å². The SMILES string of the molecule is CNC(=O)c1ccccc1NC(=O)CC1CCCC1. The molecular formula is C15H20N2O2. The average molecular weight is 260 g/mol. The molecule has 0 unspecified atom stereocenters. The summed E-state index contributed by atoms with van der Waals surface area (Å²) in [5, 5.41) is 5.43. The van der Waals surface area contributed by atoms with Crippen molar-refractivity contribution < 1.29 is 9.59 Å². The number of hydrogen-bond acceptors (Lipinski definition) is 2. The average Bonchev–Trinajstić information content (AvgIpc) is 2.91. The molecule has 0 spiro atoms. The summed E-state index contributed by atoms with van der Waals surface area (Å²) in [6.45, 7) is 0. The van der Waals surface area contributed by atoms with Crippen LogP contribution >= 0.6 is 0 Å². The molecule has 2 rings (SSSR count). The van der Waals surface area contributed by atoms with E-state index in [-0.39, 0.29) is 11.8 Å². The molecule has 0 saturated heterocycles. The van der Waals surface area contributed by atoms with Crippen LogP contribution in [0.2, 0.25) is 0 Å². The van der Waals surface area contributed by atoms with Gasteiger partial charge in [-0.2, -0.15) is 0 Å². The van der Waals surface area contributed by atoms with Crippen molar-refractivity contribution in [3.8, 4) is 0 Å². The highest BCUT2D eigenvalue weighted by molar-refractivity contribution is 6.03. The smallest absolute Gasteiger partial charge is 0.253 e. The van der Waals surface area contributed by atoms with Crippen molar-refractivity contribution in [2.45, 2.75) is 32.1 Å². The monoisotopic (exact) mass is 260 g/mol. The highest BCUT2D eigenvalue weighted by atomic mass is 16.2. The molecule has 0 atom stereocenters. The van der Waals surface area contributed by atoms with E-state index in [2.05, 4.69) is 10.6 Å². The summed E-state index contributed by atoms with van der Waals surface area (Å²) in [6.07, 6.45) is 5.30. The predicted octanol–water partition coefficient (Wildman–Crippen LogP) is 2.57. The Hall–Kier alpha value is -1.84. The predicted molar refractivity (Wildman–Crippen MR) is 75.0 cm³/mol. The summed E-state index contributed by atoms with van der Waals surface area (Å²) in [5.41, 5.74) is 1.09. The maximum atomic E-state index is 12.0. The topological polar surface area (TPSA) is 58.2 Å². The second-order valence-corrected chi connectivity index (χ2v) is 5.03. The molecule has 102 valence electrons. The van der Waals surface area contributed by atoms with Gasteiger partial charge >= 0.3 is 0 Å². The molecule has 0 heterocycles. The van der Waals surface area contributed by atoms with Crippen LogP contribution in [0, 0.1) is 5.92 Å². The van der Waals surface area contributed by atoms with Crippen molar-refractivity contribution in [2.24, 2.45) is 5.92 Å². The molecule has 0 aromatic heterocycles. The van der Waals surface area contributed by atoms with Crippen LogP contribution < -0.4 is 10.6 Å². The van der Waals surface area contributed by atoms with Crippen molar-refractivity contribution in [2.75, 3.05) is 12.4 Å². The normalized spacial score (nSPS) is 15.2. The van der Waals surface area contributed by atoms with Crippen LogP contribution in [0.25, 0.3) is 0 Å². The summed E-state index contributed by atoms with van der Waals surface area (Å²) >= 11 is 0. The Labute approximate surface area is 113 Å². The molecule has 4 heteroatoms. The van der Waals surface area contributed by atoms with Gasteiger partial charge in [0.25, 0.3) is 5.91 Å². The summed E-state index contributed by atoms with van der Waals surface area (Å²) in [5.74, 6) is 0.326. The number of carbonyl (C=O) groups is 2. The third-order valence-corrected chi connectivity index (χ3v) is 3.62. The number of rotatable bonds is 4. The Morgan fingerprint density at radius 2 is 1.89 bits per heavy atom. The molecule has 0 aliphatic heterocycles. The lowest BCUT2D eigenvalue weighted by molar-refractivity contribution is -0.117. The lowest BCUT2D eigenvalue weighted by Gasteiger charge is -2.12. The molecular weight excluding hydrogens is 240 g/mol. The number of benzene rings is 1. The third-order valence-electron chi connectivity index (χ3n) is 3.62. The zero-order chi connectivity index (χ0) is 13.7. The van der Waals surface area contributed by atoms with Crippen molar-refractivity contribution in [1.29, 1.82) is 0 Å². The lowest BCUT2D eigenvalue weighted by atomic mass is 10.0. The molecule has 2 N–H and O–H groups in total. The number of nitrogens with one attached hydrogen (secondary N) is 2. The van der Waals surface area contributed by atoms with Gasteiger partial charge in [0, 0.05) is 13.5 Å². The van der Waals surface area contributed by atoms with E-state index in [4.69, 9.17) is 0 Å². The van der Waals surface area contributed by atoms with E-state index in [1.807, 2.05) is 6.07 Å². The minimum absolute atomic E-state index is 0.00301. The zero-order valence-electron chi connectivity index (χ0n) is 11.2. The largest absolute Gasteiger partial charge is 0.355 e. The fraction of sp³-hybridized carbons (Fsp3) is 0.467. The molecule has 1 saturated carbocycles. The molecule has 0 radical (unpaired) electrons. The quantitative estimate of drug-likeness (QED) is 0.874. The number of carbonyl (C=O) groups excluding carboxylic acids is 2. The molecule has 19 heavy (non-hydrogen) atoms. The van der Waals surface area contributed by atoms with E-state index in [9.17, 15) is 9.59 Å². The summed E-state index contributed by atoms with van der Waals surface area (Å²) in [4.78, 5) is 23.7. The number of hydrogen-bond donors (Lipinski definition) is 2. The molecule has 1 aromatic carbocycles. The van der Waals surface area contributed by atoms with E-state index in [1.54, 1.807) is 25.2 Å². The molecule has 2 amide bonds. The van der Waals surface area contributed by atoms with E-state index in [1.165, 1.54) is 12.8 Å². The first-order chi connectivity index (χ1) is 9.20. The van der Waals surface area contributed by atoms with Crippen LogP contribution in [0.15, 0.2) is 24.3 Å². The fourth-order valence-electron chi connectivity index (χ4n) is 2.60. The summed E-state index contributed by atoms with van der Waals surface area (Å²) < 4.78 is 0. The Morgan fingerprint density at radius 1 is 1.21 bits per heavy atom. The first-order valence-corrected chi connectivity index (χ1v) is 6.81. The van der Waals surface area contributed by atoms with Crippen molar-refractivity contribution >= 4 is 17.5 Å². The van der Waals surface area contributed by atoms with Gasteiger partial charge in [-0.3, -0.25) is 9.59 Å². The number of para-hydroxylation sites is 1. The van der Waals surface area contributed by atoms with Crippen molar-refractivity contribution in [1.82, 2.24) is 5.32 Å². The zero-order valence-corrected chi connectivity index (χ0v) is 11.2. The maximum absolute atomic E-state index is 12.0. The standard InChI is InChI=1S/C15H20N2O2/c1-16-15(19)12-8-4-5-9-13(12)17-14(18)10-11-6-2-3-7-11/h4-5,8-9,11H,2-3,6-7,10H2,1H3,(H,16,19)(H,17,18). The molecule has 1 aliphatic carbocycles. The van der Waals surface area contributed by atoms with Gasteiger partial charge < -0.3 is 10.6 Å². The molecule has 1 aliphatic rings. The van der Waals surface area contributed by atoms with Crippen molar-refractivity contribution in [3.63, 3.8) is 0 Å². The maximum Gasteiger partial charge on any atom is 0.253 e.